The van der Waals surface area contributed by atoms with Crippen molar-refractivity contribution < 1.29 is 4.39 Å². The van der Waals surface area contributed by atoms with Crippen LogP contribution in [0.1, 0.15) is 31.2 Å². The molecule has 1 aromatic rings. The Morgan fingerprint density at radius 3 is 2.82 bits per heavy atom. The van der Waals surface area contributed by atoms with Gasteiger partial charge in [0.1, 0.15) is 5.82 Å². The van der Waals surface area contributed by atoms with Gasteiger partial charge in [-0.15, -0.1) is 0 Å². The molecule has 1 aromatic carbocycles. The first kappa shape index (κ1) is 13.0. The molecule has 2 rings (SSSR count). The van der Waals surface area contributed by atoms with E-state index in [0.717, 1.165) is 10.9 Å². The Bertz CT molecular complexity index is 380. The summed E-state index contributed by atoms with van der Waals surface area (Å²) in [5, 5.41) is 3.42. The molecule has 2 atom stereocenters. The number of benzene rings is 1. The summed E-state index contributed by atoms with van der Waals surface area (Å²) in [5.74, 6) is 0.505. The van der Waals surface area contributed by atoms with E-state index in [0.29, 0.717) is 12.0 Å². The van der Waals surface area contributed by atoms with Crippen molar-refractivity contribution in [1.29, 1.82) is 0 Å². The maximum atomic E-state index is 13.0. The van der Waals surface area contributed by atoms with Crippen molar-refractivity contribution in [2.24, 2.45) is 5.92 Å². The Morgan fingerprint density at radius 1 is 1.35 bits per heavy atom. The third kappa shape index (κ3) is 3.29. The minimum Gasteiger partial charge on any atom is -0.317 e. The lowest BCUT2D eigenvalue weighted by atomic mass is 9.81. The first-order chi connectivity index (χ1) is 8.20. The van der Waals surface area contributed by atoms with Gasteiger partial charge < -0.3 is 5.32 Å². The van der Waals surface area contributed by atoms with Gasteiger partial charge >= 0.3 is 0 Å². The van der Waals surface area contributed by atoms with Crippen molar-refractivity contribution in [3.63, 3.8) is 0 Å². The first-order valence-electron chi connectivity index (χ1n) is 6.32. The summed E-state index contributed by atoms with van der Waals surface area (Å²) in [4.78, 5) is 0. The summed E-state index contributed by atoms with van der Waals surface area (Å²) >= 11 is 3.46. The average molecular weight is 300 g/mol. The topological polar surface area (TPSA) is 12.0 Å². The lowest BCUT2D eigenvalue weighted by Crippen LogP contribution is -2.37. The van der Waals surface area contributed by atoms with Gasteiger partial charge in [0.2, 0.25) is 0 Å². The van der Waals surface area contributed by atoms with Gasteiger partial charge in [0, 0.05) is 10.5 Å². The lowest BCUT2D eigenvalue weighted by Gasteiger charge is -2.31. The molecule has 0 spiro atoms. The van der Waals surface area contributed by atoms with Crippen LogP contribution in [0.15, 0.2) is 22.7 Å². The van der Waals surface area contributed by atoms with Crippen LogP contribution in [-0.2, 0) is 6.42 Å². The van der Waals surface area contributed by atoms with Crippen LogP contribution < -0.4 is 5.32 Å². The number of hydrogen-bond acceptors (Lipinski definition) is 1. The van der Waals surface area contributed by atoms with Gasteiger partial charge in [-0.2, -0.15) is 0 Å². The highest BCUT2D eigenvalue weighted by Crippen LogP contribution is 2.30. The summed E-state index contributed by atoms with van der Waals surface area (Å²) in [6.45, 7) is 0. The standard InChI is InChI=1S/C14H19BrFN/c1-17-14-5-3-2-4-11(14)8-10-6-7-12(16)9-13(10)15/h6-7,9,11,14,17H,2-5,8H2,1H3. The van der Waals surface area contributed by atoms with Crippen LogP contribution in [-0.4, -0.2) is 13.1 Å². The van der Waals surface area contributed by atoms with Gasteiger partial charge in [0.05, 0.1) is 0 Å². The zero-order valence-corrected chi connectivity index (χ0v) is 11.8. The number of rotatable bonds is 3. The molecule has 0 amide bonds. The normalized spacial score (nSPS) is 24.9. The lowest BCUT2D eigenvalue weighted by molar-refractivity contribution is 0.272. The third-order valence-corrected chi connectivity index (χ3v) is 4.52. The molecule has 17 heavy (non-hydrogen) atoms. The molecule has 1 N–H and O–H groups in total. The average Bonchev–Trinajstić information content (AvgIpc) is 2.33. The molecule has 0 aliphatic heterocycles. The maximum absolute atomic E-state index is 13.0. The molecule has 3 heteroatoms. The second kappa shape index (κ2) is 5.96. The quantitative estimate of drug-likeness (QED) is 0.892. The van der Waals surface area contributed by atoms with E-state index in [2.05, 4.69) is 21.2 Å². The maximum Gasteiger partial charge on any atom is 0.124 e. The zero-order valence-electron chi connectivity index (χ0n) is 10.2. The fraction of sp³-hybridized carbons (Fsp3) is 0.571. The smallest absolute Gasteiger partial charge is 0.124 e. The van der Waals surface area contributed by atoms with Crippen molar-refractivity contribution in [1.82, 2.24) is 5.32 Å². The monoisotopic (exact) mass is 299 g/mol. The highest BCUT2D eigenvalue weighted by atomic mass is 79.9. The van der Waals surface area contributed by atoms with Gasteiger partial charge in [-0.25, -0.2) is 4.39 Å². The van der Waals surface area contributed by atoms with E-state index in [9.17, 15) is 4.39 Å². The molecule has 1 saturated carbocycles. The number of hydrogen-bond donors (Lipinski definition) is 1. The Labute approximate surface area is 111 Å². The van der Waals surface area contributed by atoms with Gasteiger partial charge in [-0.3, -0.25) is 0 Å². The summed E-state index contributed by atoms with van der Waals surface area (Å²) in [5.41, 5.74) is 1.22. The fourth-order valence-corrected chi connectivity index (χ4v) is 3.31. The summed E-state index contributed by atoms with van der Waals surface area (Å²) in [6, 6.07) is 5.63. The van der Waals surface area contributed by atoms with E-state index in [4.69, 9.17) is 0 Å². The van der Waals surface area contributed by atoms with Crippen LogP contribution in [0.2, 0.25) is 0 Å². The molecule has 2 unspecified atom stereocenters. The number of halogens is 2. The Hall–Kier alpha value is -0.410. The van der Waals surface area contributed by atoms with Crippen LogP contribution in [0.4, 0.5) is 4.39 Å². The second-order valence-corrected chi connectivity index (χ2v) is 5.73. The molecule has 1 fully saturated rings. The minimum atomic E-state index is -0.172. The molecule has 1 nitrogen and oxygen atoms in total. The minimum absolute atomic E-state index is 0.172. The molecule has 0 heterocycles. The van der Waals surface area contributed by atoms with E-state index >= 15 is 0 Å². The predicted molar refractivity (Wildman–Crippen MR) is 72.6 cm³/mol. The van der Waals surface area contributed by atoms with Crippen LogP contribution in [0.25, 0.3) is 0 Å². The highest BCUT2D eigenvalue weighted by Gasteiger charge is 2.24. The van der Waals surface area contributed by atoms with E-state index < -0.39 is 0 Å². The van der Waals surface area contributed by atoms with Crippen LogP contribution in [0.3, 0.4) is 0 Å². The van der Waals surface area contributed by atoms with E-state index in [1.54, 1.807) is 12.1 Å². The van der Waals surface area contributed by atoms with Crippen molar-refractivity contribution >= 4 is 15.9 Å². The molecule has 0 bridgehead atoms. The Balaban J connectivity index is 2.08. The molecule has 0 saturated heterocycles. The SMILES string of the molecule is CNC1CCCCC1Cc1ccc(F)cc1Br. The predicted octanol–water partition coefficient (Wildman–Crippen LogP) is 3.91. The molecule has 1 aliphatic rings. The van der Waals surface area contributed by atoms with E-state index in [1.165, 1.54) is 31.2 Å². The summed E-state index contributed by atoms with van der Waals surface area (Å²) in [6.07, 6.45) is 6.22. The van der Waals surface area contributed by atoms with Crippen LogP contribution in [0, 0.1) is 11.7 Å². The van der Waals surface area contributed by atoms with Gasteiger partial charge in [0.15, 0.2) is 0 Å². The molecule has 0 aromatic heterocycles. The molecular weight excluding hydrogens is 281 g/mol. The van der Waals surface area contributed by atoms with Crippen molar-refractivity contribution in [2.75, 3.05) is 7.05 Å². The summed E-state index contributed by atoms with van der Waals surface area (Å²) in [7, 11) is 2.04. The summed E-state index contributed by atoms with van der Waals surface area (Å²) < 4.78 is 13.9. The van der Waals surface area contributed by atoms with E-state index in [1.807, 2.05) is 13.1 Å². The zero-order chi connectivity index (χ0) is 12.3. The molecule has 1 aliphatic carbocycles. The van der Waals surface area contributed by atoms with Crippen molar-refractivity contribution in [3.05, 3.63) is 34.1 Å². The number of nitrogens with one attached hydrogen (secondary N) is 1. The van der Waals surface area contributed by atoms with Crippen molar-refractivity contribution in [2.45, 2.75) is 38.1 Å². The van der Waals surface area contributed by atoms with Gasteiger partial charge in [-0.05, 0) is 49.9 Å². The van der Waals surface area contributed by atoms with Gasteiger partial charge in [0.25, 0.3) is 0 Å². The third-order valence-electron chi connectivity index (χ3n) is 3.78. The second-order valence-electron chi connectivity index (χ2n) is 4.88. The molecule has 0 radical (unpaired) electrons. The fourth-order valence-electron chi connectivity index (χ4n) is 2.80. The largest absolute Gasteiger partial charge is 0.317 e. The van der Waals surface area contributed by atoms with Crippen LogP contribution in [0.5, 0.6) is 0 Å². The molecule has 94 valence electrons. The highest BCUT2D eigenvalue weighted by molar-refractivity contribution is 9.10. The Kier molecular flexibility index (Phi) is 4.57. The first-order valence-corrected chi connectivity index (χ1v) is 7.11. The van der Waals surface area contributed by atoms with Crippen molar-refractivity contribution in [3.8, 4) is 0 Å². The Morgan fingerprint density at radius 2 is 2.12 bits per heavy atom. The van der Waals surface area contributed by atoms with Crippen LogP contribution >= 0.6 is 15.9 Å². The molecular formula is C14H19BrFN. The van der Waals surface area contributed by atoms with Gasteiger partial charge in [-0.1, -0.05) is 34.8 Å². The van der Waals surface area contributed by atoms with E-state index in [-0.39, 0.29) is 5.82 Å².